The molecule has 0 saturated heterocycles. The maximum Gasteiger partial charge on any atom is 0.337 e. The van der Waals surface area contributed by atoms with Crippen LogP contribution in [0.5, 0.6) is 5.75 Å². The largest absolute Gasteiger partial charge is 0.495 e. The van der Waals surface area contributed by atoms with E-state index in [0.29, 0.717) is 24.1 Å². The van der Waals surface area contributed by atoms with Crippen molar-refractivity contribution in [2.45, 2.75) is 11.3 Å². The van der Waals surface area contributed by atoms with Gasteiger partial charge in [-0.3, -0.25) is 4.72 Å². The van der Waals surface area contributed by atoms with Crippen LogP contribution in [0.25, 0.3) is 5.57 Å². The summed E-state index contributed by atoms with van der Waals surface area (Å²) in [5.41, 5.74) is 2.20. The van der Waals surface area contributed by atoms with Crippen molar-refractivity contribution >= 4 is 43.2 Å². The molecule has 0 radical (unpaired) electrons. The zero-order valence-corrected chi connectivity index (χ0v) is 18.3. The Morgan fingerprint density at radius 1 is 1.17 bits per heavy atom. The minimum atomic E-state index is -3.98. The van der Waals surface area contributed by atoms with Crippen molar-refractivity contribution < 1.29 is 27.4 Å². The third-order valence-electron chi connectivity index (χ3n) is 4.36. The first-order valence-electron chi connectivity index (χ1n) is 8.71. The summed E-state index contributed by atoms with van der Waals surface area (Å²) in [4.78, 5) is 12.1. The van der Waals surface area contributed by atoms with Crippen molar-refractivity contribution in [3.63, 3.8) is 0 Å². The van der Waals surface area contributed by atoms with Gasteiger partial charge in [0, 0.05) is 4.47 Å². The lowest BCUT2D eigenvalue weighted by Crippen LogP contribution is -2.15. The topological polar surface area (TPSA) is 90.9 Å². The molecular weight excluding hydrogens is 462 g/mol. The molecule has 7 nitrogen and oxygen atoms in total. The Kier molecular flexibility index (Phi) is 6.61. The molecule has 154 valence electrons. The molecule has 2 aromatic carbocycles. The zero-order chi connectivity index (χ0) is 21.0. The highest BCUT2D eigenvalue weighted by molar-refractivity contribution is 9.10. The number of esters is 1. The van der Waals surface area contributed by atoms with Gasteiger partial charge in [0.1, 0.15) is 10.6 Å². The first-order valence-corrected chi connectivity index (χ1v) is 11.0. The van der Waals surface area contributed by atoms with Crippen molar-refractivity contribution in [1.82, 2.24) is 0 Å². The third-order valence-corrected chi connectivity index (χ3v) is 6.25. The maximum atomic E-state index is 13.0. The van der Waals surface area contributed by atoms with Crippen LogP contribution in [0.15, 0.2) is 51.8 Å². The number of nitrogens with one attached hydrogen (secondary N) is 1. The molecule has 0 atom stereocenters. The van der Waals surface area contributed by atoms with Gasteiger partial charge in [-0.25, -0.2) is 13.2 Å². The van der Waals surface area contributed by atoms with E-state index in [2.05, 4.69) is 20.7 Å². The van der Waals surface area contributed by atoms with Crippen LogP contribution in [0.3, 0.4) is 0 Å². The number of hydrogen-bond acceptors (Lipinski definition) is 6. The Bertz CT molecular complexity index is 1060. The van der Waals surface area contributed by atoms with E-state index in [1.807, 2.05) is 6.08 Å². The zero-order valence-electron chi connectivity index (χ0n) is 15.9. The smallest absolute Gasteiger partial charge is 0.337 e. The van der Waals surface area contributed by atoms with Gasteiger partial charge in [0.2, 0.25) is 0 Å². The Labute approximate surface area is 177 Å². The molecule has 0 amide bonds. The fourth-order valence-electron chi connectivity index (χ4n) is 2.97. The van der Waals surface area contributed by atoms with E-state index < -0.39 is 16.0 Å². The lowest BCUT2D eigenvalue weighted by atomic mass is 9.99. The van der Waals surface area contributed by atoms with E-state index >= 15 is 0 Å². The Morgan fingerprint density at radius 3 is 2.62 bits per heavy atom. The average Bonchev–Trinajstić information content (AvgIpc) is 2.73. The highest BCUT2D eigenvalue weighted by Gasteiger charge is 2.22. The van der Waals surface area contributed by atoms with Crippen LogP contribution in [0.4, 0.5) is 5.69 Å². The summed E-state index contributed by atoms with van der Waals surface area (Å²) in [6.45, 7) is 1.03. The predicted octanol–water partition coefficient (Wildman–Crippen LogP) is 3.85. The number of carbonyl (C=O) groups excluding carboxylic acids is 1. The Balaban J connectivity index is 2.04. The summed E-state index contributed by atoms with van der Waals surface area (Å²) >= 11 is 3.28. The van der Waals surface area contributed by atoms with E-state index in [1.54, 1.807) is 24.3 Å². The van der Waals surface area contributed by atoms with Gasteiger partial charge < -0.3 is 14.2 Å². The number of sulfonamides is 1. The average molecular weight is 482 g/mol. The number of benzene rings is 2. The number of ether oxygens (including phenoxy) is 3. The molecule has 1 aliphatic heterocycles. The number of hydrogen-bond donors (Lipinski definition) is 1. The van der Waals surface area contributed by atoms with Gasteiger partial charge in [-0.05, 0) is 54.0 Å². The van der Waals surface area contributed by atoms with Gasteiger partial charge in [-0.15, -0.1) is 0 Å². The summed E-state index contributed by atoms with van der Waals surface area (Å²) < 4.78 is 44.5. The van der Waals surface area contributed by atoms with Crippen LogP contribution in [0, 0.1) is 0 Å². The molecule has 0 fully saturated rings. The van der Waals surface area contributed by atoms with Gasteiger partial charge in [0.15, 0.2) is 0 Å². The fraction of sp³-hybridized carbons (Fsp3) is 0.250. The van der Waals surface area contributed by atoms with Crippen molar-refractivity contribution in [2.75, 3.05) is 32.2 Å². The van der Waals surface area contributed by atoms with E-state index in [1.165, 1.54) is 26.4 Å². The number of rotatable bonds is 6. The summed E-state index contributed by atoms with van der Waals surface area (Å²) in [7, 11) is -1.30. The predicted molar refractivity (Wildman–Crippen MR) is 113 cm³/mol. The molecular formula is C20H20BrNO6S. The van der Waals surface area contributed by atoms with Gasteiger partial charge >= 0.3 is 5.97 Å². The number of halogens is 1. The molecule has 1 heterocycles. The molecule has 29 heavy (non-hydrogen) atoms. The summed E-state index contributed by atoms with van der Waals surface area (Å²) in [6, 6.07) is 9.50. The highest BCUT2D eigenvalue weighted by atomic mass is 79.9. The van der Waals surface area contributed by atoms with Crippen LogP contribution in [0.2, 0.25) is 0 Å². The summed E-state index contributed by atoms with van der Waals surface area (Å²) in [6.07, 6.45) is 2.58. The lowest BCUT2D eigenvalue weighted by molar-refractivity contribution is 0.0600. The first-order chi connectivity index (χ1) is 13.8. The lowest BCUT2D eigenvalue weighted by Gasteiger charge is -2.17. The molecule has 1 aliphatic rings. The number of methoxy groups -OCH3 is 2. The third kappa shape index (κ3) is 4.98. The van der Waals surface area contributed by atoms with E-state index in [4.69, 9.17) is 14.2 Å². The minimum absolute atomic E-state index is 0.0234. The van der Waals surface area contributed by atoms with E-state index in [0.717, 1.165) is 11.1 Å². The molecule has 9 heteroatoms. The second-order valence-corrected chi connectivity index (χ2v) is 8.81. The van der Waals surface area contributed by atoms with Crippen LogP contribution in [-0.2, 0) is 19.5 Å². The molecule has 0 aliphatic carbocycles. The molecule has 0 bridgehead atoms. The fourth-order valence-corrected chi connectivity index (χ4v) is 4.72. The minimum Gasteiger partial charge on any atom is -0.495 e. The molecule has 0 spiro atoms. The molecule has 2 aromatic rings. The quantitative estimate of drug-likeness (QED) is 0.630. The number of carbonyl (C=O) groups is 1. The van der Waals surface area contributed by atoms with Crippen molar-refractivity contribution in [3.8, 4) is 5.75 Å². The van der Waals surface area contributed by atoms with Gasteiger partial charge in [0.25, 0.3) is 10.0 Å². The second kappa shape index (κ2) is 8.98. The van der Waals surface area contributed by atoms with Crippen LogP contribution in [-0.4, -0.2) is 41.8 Å². The van der Waals surface area contributed by atoms with Crippen LogP contribution < -0.4 is 9.46 Å². The molecule has 0 aromatic heterocycles. The molecule has 1 N–H and O–H groups in total. The normalized spacial score (nSPS) is 14.1. The Morgan fingerprint density at radius 2 is 1.97 bits per heavy atom. The SMILES string of the molecule is COC(=O)c1cc(NS(=O)(=O)c2cc(Br)ccc2OC)cc(C2=CCOCC2)c1. The van der Waals surface area contributed by atoms with Crippen LogP contribution >= 0.6 is 15.9 Å². The van der Waals surface area contributed by atoms with Gasteiger partial charge in [0.05, 0.1) is 38.7 Å². The van der Waals surface area contributed by atoms with Crippen molar-refractivity contribution in [2.24, 2.45) is 0 Å². The maximum absolute atomic E-state index is 13.0. The highest BCUT2D eigenvalue weighted by Crippen LogP contribution is 2.31. The molecule has 0 saturated carbocycles. The van der Waals surface area contributed by atoms with Crippen molar-refractivity contribution in [3.05, 3.63) is 58.1 Å². The van der Waals surface area contributed by atoms with Gasteiger partial charge in [-0.2, -0.15) is 0 Å². The first kappa shape index (κ1) is 21.4. The summed E-state index contributed by atoms with van der Waals surface area (Å²) in [5.74, 6) is -0.350. The Hall–Kier alpha value is -2.36. The van der Waals surface area contributed by atoms with E-state index in [9.17, 15) is 13.2 Å². The van der Waals surface area contributed by atoms with Crippen molar-refractivity contribution in [1.29, 1.82) is 0 Å². The summed E-state index contributed by atoms with van der Waals surface area (Å²) in [5, 5.41) is 0. The monoisotopic (exact) mass is 481 g/mol. The number of anilines is 1. The molecule has 0 unspecified atom stereocenters. The van der Waals surface area contributed by atoms with Crippen LogP contribution in [0.1, 0.15) is 22.3 Å². The van der Waals surface area contributed by atoms with E-state index in [-0.39, 0.29) is 21.9 Å². The molecule has 3 rings (SSSR count). The van der Waals surface area contributed by atoms with Gasteiger partial charge in [-0.1, -0.05) is 22.0 Å². The second-order valence-electron chi connectivity index (χ2n) is 6.25. The standard InChI is InChI=1S/C20H20BrNO6S/c1-26-18-4-3-16(21)12-19(18)29(24,25)22-17-10-14(13-5-7-28-8-6-13)9-15(11-17)20(23)27-2/h3-5,9-12,22H,6-8H2,1-2H3.